The number of aliphatic hydroxyl groups excluding tert-OH is 1. The highest BCUT2D eigenvalue weighted by Crippen LogP contribution is 2.71. The van der Waals surface area contributed by atoms with Crippen molar-refractivity contribution in [2.75, 3.05) is 7.11 Å². The molecule has 0 aromatic carbocycles. The number of hydrogen-bond acceptors (Lipinski definition) is 8. The fraction of sp³-hybridized carbons (Fsp3) is 0.905. The van der Waals surface area contributed by atoms with Crippen molar-refractivity contribution in [3.05, 3.63) is 0 Å². The van der Waals surface area contributed by atoms with Gasteiger partial charge < -0.3 is 19.3 Å². The molecule has 7 aliphatic rings. The summed E-state index contributed by atoms with van der Waals surface area (Å²) >= 11 is 0. The van der Waals surface area contributed by atoms with Gasteiger partial charge in [0.2, 0.25) is 0 Å². The van der Waals surface area contributed by atoms with Crippen molar-refractivity contribution >= 4 is 23.9 Å². The van der Waals surface area contributed by atoms with Crippen molar-refractivity contribution < 1.29 is 38.5 Å². The number of rotatable bonds is 3. The van der Waals surface area contributed by atoms with Crippen LogP contribution in [-0.2, 0) is 33.4 Å². The number of carbonyl (C=O) groups is 4. The smallest absolute Gasteiger partial charge is 0.317 e. The molecule has 1 N–H and O–H groups in total. The Balaban J connectivity index is 0.000000700. The minimum Gasteiger partial charge on any atom is -0.469 e. The summed E-state index contributed by atoms with van der Waals surface area (Å²) in [5.41, 5.74) is -0.338. The topological polar surface area (TPSA) is 116 Å². The maximum absolute atomic E-state index is 12.6. The molecule has 1 saturated heterocycles. The van der Waals surface area contributed by atoms with E-state index in [0.29, 0.717) is 11.8 Å². The molecule has 1 heterocycles. The molecule has 0 amide bonds. The zero-order chi connectivity index (χ0) is 34.2. The molecular formula is C42H78O8. The van der Waals surface area contributed by atoms with Crippen LogP contribution in [0, 0.1) is 82.9 Å². The van der Waals surface area contributed by atoms with Crippen molar-refractivity contribution in [1.82, 2.24) is 0 Å². The molecule has 7 rings (SSSR count). The Morgan fingerprint density at radius 2 is 1.34 bits per heavy atom. The van der Waals surface area contributed by atoms with Crippen molar-refractivity contribution in [3.63, 3.8) is 0 Å². The summed E-state index contributed by atoms with van der Waals surface area (Å²) in [5.74, 6) is 7.43. The largest absolute Gasteiger partial charge is 0.469 e. The zero-order valence-electron chi connectivity index (χ0n) is 30.1. The van der Waals surface area contributed by atoms with E-state index in [9.17, 15) is 24.3 Å². The third-order valence-corrected chi connectivity index (χ3v) is 13.2. The lowest BCUT2D eigenvalue weighted by Crippen LogP contribution is -2.42. The summed E-state index contributed by atoms with van der Waals surface area (Å²) in [6.45, 7) is 18.1. The lowest BCUT2D eigenvalue weighted by molar-refractivity contribution is -0.164. The van der Waals surface area contributed by atoms with Crippen LogP contribution in [0.2, 0.25) is 0 Å². The molecule has 6 saturated carbocycles. The monoisotopic (exact) mass is 711 g/mol. The number of aliphatic hydroxyl groups is 1. The van der Waals surface area contributed by atoms with E-state index in [2.05, 4.69) is 23.3 Å². The average Bonchev–Trinajstić information content (AvgIpc) is 3.86. The molecule has 50 heavy (non-hydrogen) atoms. The molecule has 6 bridgehead atoms. The second-order valence-corrected chi connectivity index (χ2v) is 16.9. The maximum Gasteiger partial charge on any atom is 0.317 e. The van der Waals surface area contributed by atoms with Crippen LogP contribution in [-0.4, -0.2) is 47.8 Å². The van der Waals surface area contributed by atoms with Crippen LogP contribution < -0.4 is 0 Å². The van der Waals surface area contributed by atoms with Gasteiger partial charge >= 0.3 is 23.9 Å². The van der Waals surface area contributed by atoms with E-state index in [1.807, 2.05) is 34.6 Å². The normalized spacial score (nSPS) is 39.5. The first-order chi connectivity index (χ1) is 21.5. The van der Waals surface area contributed by atoms with Gasteiger partial charge in [-0.15, -0.1) is 0 Å². The number of hydrogen-bond donors (Lipinski definition) is 1. The highest BCUT2D eigenvalue weighted by Gasteiger charge is 2.67. The maximum atomic E-state index is 12.6. The van der Waals surface area contributed by atoms with Crippen molar-refractivity contribution in [3.8, 4) is 0 Å². The molecule has 294 valence electrons. The van der Waals surface area contributed by atoms with Gasteiger partial charge in [0.1, 0.15) is 5.60 Å². The molecule has 0 aromatic heterocycles. The number of ether oxygens (including phenoxy) is 3. The quantitative estimate of drug-likeness (QED) is 0.133. The number of cyclic esters (lactones) is 2. The van der Waals surface area contributed by atoms with Crippen LogP contribution >= 0.6 is 0 Å². The van der Waals surface area contributed by atoms with Crippen molar-refractivity contribution in [1.29, 1.82) is 0 Å². The Morgan fingerprint density at radius 3 is 1.68 bits per heavy atom. The Labute approximate surface area is 306 Å². The van der Waals surface area contributed by atoms with E-state index < -0.39 is 11.9 Å². The second kappa shape index (κ2) is 19.2. The van der Waals surface area contributed by atoms with Crippen LogP contribution in [0.4, 0.5) is 0 Å². The zero-order valence-corrected chi connectivity index (χ0v) is 30.1. The SMILES string of the molecule is C.C.C.C.CC1C(=O)OC(=O)C1C.CC1C(C)C2CC1C1C3CC(C(=O)OC(C)(C)C)C(C3)C21.CCC(C)C(=O)OC.OC1CC2CCC1C2. The van der Waals surface area contributed by atoms with Crippen LogP contribution in [0.3, 0.4) is 0 Å². The average molecular weight is 711 g/mol. The summed E-state index contributed by atoms with van der Waals surface area (Å²) in [6, 6.07) is 0. The second-order valence-electron chi connectivity index (χ2n) is 16.9. The first kappa shape index (κ1) is 48.0. The van der Waals surface area contributed by atoms with Gasteiger partial charge in [-0.3, -0.25) is 19.2 Å². The third-order valence-electron chi connectivity index (χ3n) is 13.2. The summed E-state index contributed by atoms with van der Waals surface area (Å²) in [5, 5.41) is 9.22. The Bertz CT molecular complexity index is 1090. The minimum atomic E-state index is -0.396. The molecular weight excluding hydrogens is 632 g/mol. The Hall–Kier alpha value is -1.96. The van der Waals surface area contributed by atoms with Gasteiger partial charge in [-0.1, -0.05) is 71.2 Å². The van der Waals surface area contributed by atoms with E-state index in [1.54, 1.807) is 13.8 Å². The molecule has 0 aromatic rings. The number of esters is 4. The molecule has 0 spiro atoms. The van der Waals surface area contributed by atoms with Crippen molar-refractivity contribution in [2.24, 2.45) is 82.9 Å². The first-order valence-corrected chi connectivity index (χ1v) is 18.2. The summed E-state index contributed by atoms with van der Waals surface area (Å²) < 4.78 is 14.5. The lowest BCUT2D eigenvalue weighted by Gasteiger charge is -2.43. The predicted octanol–water partition coefficient (Wildman–Crippen LogP) is 9.40. The molecule has 6 aliphatic carbocycles. The highest BCUT2D eigenvalue weighted by molar-refractivity contribution is 5.95. The van der Waals surface area contributed by atoms with Gasteiger partial charge in [0.15, 0.2) is 0 Å². The van der Waals surface area contributed by atoms with Gasteiger partial charge in [0.25, 0.3) is 0 Å². The number of methoxy groups -OCH3 is 1. The Kier molecular flexibility index (Phi) is 18.5. The van der Waals surface area contributed by atoms with Crippen LogP contribution in [0.25, 0.3) is 0 Å². The number of fused-ring (bicyclic) bond motifs is 11. The van der Waals surface area contributed by atoms with Crippen LogP contribution in [0.1, 0.15) is 143 Å². The summed E-state index contributed by atoms with van der Waals surface area (Å²) in [7, 11) is 1.41. The van der Waals surface area contributed by atoms with Crippen molar-refractivity contribution in [2.45, 2.75) is 155 Å². The van der Waals surface area contributed by atoms with E-state index in [-0.39, 0.29) is 77.0 Å². The molecule has 8 nitrogen and oxygen atoms in total. The molecule has 0 radical (unpaired) electrons. The molecule has 15 atom stereocenters. The van der Waals surface area contributed by atoms with E-state index in [4.69, 9.17) is 4.74 Å². The van der Waals surface area contributed by atoms with E-state index in [0.717, 1.165) is 66.6 Å². The van der Waals surface area contributed by atoms with Gasteiger partial charge in [-0.25, -0.2) is 0 Å². The number of carbonyl (C=O) groups excluding carboxylic acids is 4. The van der Waals surface area contributed by atoms with E-state index in [1.165, 1.54) is 39.2 Å². The van der Waals surface area contributed by atoms with Gasteiger partial charge in [0.05, 0.1) is 36.9 Å². The predicted molar refractivity (Wildman–Crippen MR) is 202 cm³/mol. The standard InChI is InChI=1S/C19H30O2.C7H12O.C6H8O3.C6H12O2.4CH4/c1-9-10(2)13-8-12(9)16-11-6-14(17(13)16)15(7-11)18(20)21-19(3,4)5;8-7-4-5-1-2-6(7)3-5;1-3-4(2)6(8)9-5(3)7;1-4-5(2)6(7)8-3;;;;/h9-17H,6-8H2,1-5H3;5-8H,1-4H2;3-4H,1-2H3;5H,4H2,1-3H3;4*1H4. The van der Waals surface area contributed by atoms with Gasteiger partial charge in [0, 0.05) is 0 Å². The third kappa shape index (κ3) is 10.1. The lowest BCUT2D eigenvalue weighted by atomic mass is 9.62. The van der Waals surface area contributed by atoms with Gasteiger partial charge in [-0.05, 0) is 131 Å². The fourth-order valence-corrected chi connectivity index (χ4v) is 10.1. The van der Waals surface area contributed by atoms with E-state index >= 15 is 0 Å². The summed E-state index contributed by atoms with van der Waals surface area (Å²) in [4.78, 5) is 44.2. The first-order valence-electron chi connectivity index (χ1n) is 18.2. The van der Waals surface area contributed by atoms with Crippen LogP contribution in [0.15, 0.2) is 0 Å². The highest BCUT2D eigenvalue weighted by atomic mass is 16.6. The molecule has 8 heteroatoms. The molecule has 1 aliphatic heterocycles. The van der Waals surface area contributed by atoms with Crippen LogP contribution in [0.5, 0.6) is 0 Å². The van der Waals surface area contributed by atoms with Gasteiger partial charge in [-0.2, -0.15) is 0 Å². The minimum absolute atomic E-state index is 0. The molecule has 7 fully saturated rings. The Morgan fingerprint density at radius 1 is 0.800 bits per heavy atom. The summed E-state index contributed by atoms with van der Waals surface area (Å²) in [6.07, 6.45) is 9.92. The molecule has 15 unspecified atom stereocenters. The fourth-order valence-electron chi connectivity index (χ4n) is 10.1.